The van der Waals surface area contributed by atoms with Crippen molar-refractivity contribution < 1.29 is 29.0 Å². The van der Waals surface area contributed by atoms with E-state index >= 15 is 0 Å². The second kappa shape index (κ2) is 40.2. The van der Waals surface area contributed by atoms with E-state index in [4.69, 9.17) is 9.47 Å². The second-order valence-corrected chi connectivity index (χ2v) is 15.4. The van der Waals surface area contributed by atoms with Gasteiger partial charge in [-0.15, -0.1) is 0 Å². The summed E-state index contributed by atoms with van der Waals surface area (Å²) in [5.41, 5.74) is 0. The lowest BCUT2D eigenvalue weighted by Gasteiger charge is -2.15. The molecule has 0 aromatic heterocycles. The summed E-state index contributed by atoms with van der Waals surface area (Å²) >= 11 is 0. The summed E-state index contributed by atoms with van der Waals surface area (Å²) in [6.45, 7) is 6.40. The number of ketones is 1. The third-order valence-corrected chi connectivity index (χ3v) is 10.3. The highest BCUT2D eigenvalue weighted by atomic mass is 16.6. The van der Waals surface area contributed by atoms with Gasteiger partial charge in [-0.1, -0.05) is 193 Å². The number of unbranched alkanes of at least 4 members (excludes halogenated alkanes) is 24. The van der Waals surface area contributed by atoms with Gasteiger partial charge >= 0.3 is 11.9 Å². The van der Waals surface area contributed by atoms with Crippen LogP contribution >= 0.6 is 0 Å². The van der Waals surface area contributed by atoms with E-state index in [0.717, 1.165) is 57.3 Å². The monoisotopic (exact) mass is 733 g/mol. The van der Waals surface area contributed by atoms with E-state index in [2.05, 4.69) is 26.8 Å². The lowest BCUT2D eigenvalue weighted by atomic mass is 9.99. The van der Waals surface area contributed by atoms with Gasteiger partial charge in [0.25, 0.3) is 0 Å². The van der Waals surface area contributed by atoms with Crippen LogP contribution in [0, 0.1) is 5.92 Å². The molecule has 0 amide bonds. The lowest BCUT2D eigenvalue weighted by molar-refractivity contribution is -0.161. The molecule has 0 aliphatic rings. The van der Waals surface area contributed by atoms with Crippen molar-refractivity contribution in [3.8, 4) is 0 Å². The van der Waals surface area contributed by atoms with Crippen LogP contribution in [0.4, 0.5) is 0 Å². The third-order valence-electron chi connectivity index (χ3n) is 10.3. The number of hydrogen-bond acceptors (Lipinski definition) is 6. The fourth-order valence-corrected chi connectivity index (χ4v) is 6.45. The molecule has 0 aromatic rings. The molecule has 1 unspecified atom stereocenters. The maximum Gasteiger partial charge on any atom is 0.306 e. The summed E-state index contributed by atoms with van der Waals surface area (Å²) in [7, 11) is 0. The van der Waals surface area contributed by atoms with E-state index in [9.17, 15) is 19.5 Å². The molecule has 2 atom stereocenters. The summed E-state index contributed by atoms with van der Waals surface area (Å²) in [5, 5.41) is 9.57. The van der Waals surface area contributed by atoms with Gasteiger partial charge in [-0.05, 0) is 44.1 Å². The van der Waals surface area contributed by atoms with Crippen molar-refractivity contribution in [2.75, 3.05) is 13.2 Å². The van der Waals surface area contributed by atoms with Crippen molar-refractivity contribution in [1.82, 2.24) is 0 Å². The minimum absolute atomic E-state index is 0.100. The first-order chi connectivity index (χ1) is 25.4. The standard InChI is InChI=1S/C46H84O6/c1-4-6-7-8-21-26-31-36-43(48)37-32-27-24-29-34-39-46(50)52-44(40-47)41-51-45(49)38-33-28-23-20-18-16-14-12-10-9-11-13-15-17-19-22-25-30-35-42(3)5-2/h21,26,31,36,42,44,47H,4-20,22-25,27-30,32-35,37-41H2,1-3H3/b26-21-,36-31+/t42?,44-/m0/s1. The van der Waals surface area contributed by atoms with Crippen LogP contribution in [0.2, 0.25) is 0 Å². The zero-order valence-electron chi connectivity index (χ0n) is 34.5. The molecule has 0 spiro atoms. The maximum absolute atomic E-state index is 12.2. The zero-order valence-corrected chi connectivity index (χ0v) is 34.5. The third kappa shape index (κ3) is 37.8. The Morgan fingerprint density at radius 1 is 0.558 bits per heavy atom. The molecule has 0 saturated heterocycles. The van der Waals surface area contributed by atoms with Crippen LogP contribution in [0.5, 0.6) is 0 Å². The molecule has 0 bridgehead atoms. The highest BCUT2D eigenvalue weighted by Crippen LogP contribution is 2.17. The number of aliphatic hydroxyl groups excluding tert-OH is 1. The fourth-order valence-electron chi connectivity index (χ4n) is 6.45. The molecule has 1 N–H and O–H groups in total. The SMILES string of the molecule is CCCCC/C=C\C=C\C(=O)CCCCCCCC(=O)O[C@@H](CO)COC(=O)CCCCCCCCCCCCCCCCCCCCC(C)CC. The Bertz CT molecular complexity index is 865. The normalized spacial score (nSPS) is 12.8. The van der Waals surface area contributed by atoms with Crippen molar-refractivity contribution in [2.24, 2.45) is 5.92 Å². The molecule has 0 heterocycles. The van der Waals surface area contributed by atoms with Crippen LogP contribution in [-0.2, 0) is 23.9 Å². The average Bonchev–Trinajstić information content (AvgIpc) is 3.14. The van der Waals surface area contributed by atoms with Gasteiger partial charge in [0, 0.05) is 19.3 Å². The topological polar surface area (TPSA) is 89.9 Å². The maximum atomic E-state index is 12.2. The molecule has 0 aromatic carbocycles. The summed E-state index contributed by atoms with van der Waals surface area (Å²) in [5.74, 6) is 0.391. The Balaban J connectivity index is 3.55. The minimum Gasteiger partial charge on any atom is -0.462 e. The van der Waals surface area contributed by atoms with Gasteiger partial charge in [-0.25, -0.2) is 0 Å². The van der Waals surface area contributed by atoms with Crippen LogP contribution in [-0.4, -0.2) is 42.1 Å². The molecule has 0 radical (unpaired) electrons. The molecular weight excluding hydrogens is 648 g/mol. The van der Waals surface area contributed by atoms with Crippen molar-refractivity contribution in [2.45, 2.75) is 232 Å². The van der Waals surface area contributed by atoms with Gasteiger partial charge in [-0.2, -0.15) is 0 Å². The molecule has 0 fully saturated rings. The van der Waals surface area contributed by atoms with Gasteiger partial charge in [0.2, 0.25) is 0 Å². The number of hydrogen-bond donors (Lipinski definition) is 1. The Morgan fingerprint density at radius 3 is 1.50 bits per heavy atom. The molecule has 0 aliphatic carbocycles. The second-order valence-electron chi connectivity index (χ2n) is 15.4. The van der Waals surface area contributed by atoms with Gasteiger partial charge < -0.3 is 14.6 Å². The minimum atomic E-state index is -0.814. The molecular formula is C46H84O6. The number of rotatable bonds is 40. The van der Waals surface area contributed by atoms with Crippen LogP contribution in [0.3, 0.4) is 0 Å². The van der Waals surface area contributed by atoms with Crippen LogP contribution in [0.15, 0.2) is 24.3 Å². The number of carbonyl (C=O) groups is 3. The first-order valence-electron chi connectivity index (χ1n) is 22.2. The number of ether oxygens (including phenoxy) is 2. The first kappa shape index (κ1) is 50.1. The van der Waals surface area contributed by atoms with Gasteiger partial charge in [-0.3, -0.25) is 14.4 Å². The molecule has 6 heteroatoms. The van der Waals surface area contributed by atoms with E-state index in [1.54, 1.807) is 6.08 Å². The van der Waals surface area contributed by atoms with E-state index in [-0.39, 0.29) is 37.4 Å². The van der Waals surface area contributed by atoms with E-state index < -0.39 is 6.10 Å². The lowest BCUT2D eigenvalue weighted by Crippen LogP contribution is -2.28. The average molecular weight is 733 g/mol. The number of allylic oxidation sites excluding steroid dienone is 4. The largest absolute Gasteiger partial charge is 0.462 e. The van der Waals surface area contributed by atoms with Crippen molar-refractivity contribution in [3.63, 3.8) is 0 Å². The van der Waals surface area contributed by atoms with Crippen molar-refractivity contribution in [1.29, 1.82) is 0 Å². The van der Waals surface area contributed by atoms with E-state index in [0.29, 0.717) is 19.3 Å². The smallest absolute Gasteiger partial charge is 0.306 e. The Labute approximate surface area is 321 Å². The molecule has 0 saturated carbocycles. The van der Waals surface area contributed by atoms with Crippen molar-refractivity contribution in [3.05, 3.63) is 24.3 Å². The molecule has 0 rings (SSSR count). The first-order valence-corrected chi connectivity index (χ1v) is 22.2. The summed E-state index contributed by atoms with van der Waals surface area (Å²) in [6.07, 6.45) is 43.5. The number of esters is 2. The Kier molecular flexibility index (Phi) is 38.7. The fraction of sp³-hybridized carbons (Fsp3) is 0.848. The molecule has 52 heavy (non-hydrogen) atoms. The van der Waals surface area contributed by atoms with Crippen LogP contribution in [0.25, 0.3) is 0 Å². The molecule has 0 aliphatic heterocycles. The predicted octanol–water partition coefficient (Wildman–Crippen LogP) is 13.3. The number of aliphatic hydroxyl groups is 1. The summed E-state index contributed by atoms with van der Waals surface area (Å²) < 4.78 is 10.6. The quantitative estimate of drug-likeness (QED) is 0.0292. The predicted molar refractivity (Wildman–Crippen MR) is 219 cm³/mol. The summed E-state index contributed by atoms with van der Waals surface area (Å²) in [6, 6.07) is 0. The van der Waals surface area contributed by atoms with E-state index in [1.165, 1.54) is 128 Å². The van der Waals surface area contributed by atoms with Crippen molar-refractivity contribution >= 4 is 17.7 Å². The van der Waals surface area contributed by atoms with Gasteiger partial charge in [0.15, 0.2) is 11.9 Å². The highest BCUT2D eigenvalue weighted by Gasteiger charge is 2.16. The highest BCUT2D eigenvalue weighted by molar-refractivity contribution is 5.89. The molecule has 6 nitrogen and oxygen atoms in total. The van der Waals surface area contributed by atoms with E-state index in [1.807, 2.05) is 12.2 Å². The number of carbonyl (C=O) groups excluding carboxylic acids is 3. The van der Waals surface area contributed by atoms with Crippen LogP contribution < -0.4 is 0 Å². The zero-order chi connectivity index (χ0) is 38.2. The molecule has 304 valence electrons. The summed E-state index contributed by atoms with van der Waals surface area (Å²) in [4.78, 5) is 36.3. The Hall–Kier alpha value is -1.95. The van der Waals surface area contributed by atoms with Crippen LogP contribution in [0.1, 0.15) is 226 Å². The Morgan fingerprint density at radius 2 is 1.02 bits per heavy atom. The van der Waals surface area contributed by atoms with Gasteiger partial charge in [0.1, 0.15) is 6.61 Å². The van der Waals surface area contributed by atoms with Gasteiger partial charge in [0.05, 0.1) is 6.61 Å².